The van der Waals surface area contributed by atoms with Crippen LogP contribution in [0.1, 0.15) is 29.7 Å². The summed E-state index contributed by atoms with van der Waals surface area (Å²) in [6.07, 6.45) is 1.72. The molecule has 1 aliphatic rings. The molecule has 0 N–H and O–H groups in total. The molecule has 8 heteroatoms. The van der Waals surface area contributed by atoms with Crippen molar-refractivity contribution in [2.24, 2.45) is 0 Å². The summed E-state index contributed by atoms with van der Waals surface area (Å²) in [7, 11) is 0. The maximum absolute atomic E-state index is 13.2. The number of hydrogen-bond donors (Lipinski definition) is 0. The van der Waals surface area contributed by atoms with Gasteiger partial charge >= 0.3 is 0 Å². The Morgan fingerprint density at radius 2 is 1.79 bits per heavy atom. The highest BCUT2D eigenvalue weighted by atomic mass is 32.2. The highest BCUT2D eigenvalue weighted by Gasteiger charge is 2.34. The zero-order valence-corrected chi connectivity index (χ0v) is 17.4. The lowest BCUT2D eigenvalue weighted by molar-refractivity contribution is -0.122. The largest absolute Gasteiger partial charge is 0.293 e. The molecule has 1 fully saturated rings. The summed E-state index contributed by atoms with van der Waals surface area (Å²) in [6.45, 7) is 7.68. The number of aryl methyl sites for hydroxylation is 2. The van der Waals surface area contributed by atoms with Gasteiger partial charge in [0.2, 0.25) is 0 Å². The Morgan fingerprint density at radius 1 is 1.07 bits per heavy atom. The number of hydrogen-bond acceptors (Lipinski definition) is 5. The number of carbonyl (C=O) groups excluding carboxylic acids is 2. The molecule has 29 heavy (non-hydrogen) atoms. The highest BCUT2D eigenvalue weighted by Crippen LogP contribution is 2.33. The molecule has 0 unspecified atom stereocenters. The Kier molecular flexibility index (Phi) is 4.66. The van der Waals surface area contributed by atoms with Gasteiger partial charge in [0, 0.05) is 17.9 Å². The zero-order valence-electron chi connectivity index (χ0n) is 16.6. The summed E-state index contributed by atoms with van der Waals surface area (Å²) in [5.41, 5.74) is 2.89. The van der Waals surface area contributed by atoms with Gasteiger partial charge in [0.15, 0.2) is 0 Å². The van der Waals surface area contributed by atoms with Crippen LogP contribution in [0.4, 0.5) is 4.79 Å². The van der Waals surface area contributed by atoms with Crippen molar-refractivity contribution in [3.8, 4) is 0 Å². The number of rotatable bonds is 3. The molecule has 0 aliphatic carbocycles. The molecule has 3 aromatic rings. The third kappa shape index (κ3) is 3.00. The second-order valence-electron chi connectivity index (χ2n) is 6.86. The smallest absolute Gasteiger partial charge is 0.269 e. The van der Waals surface area contributed by atoms with E-state index < -0.39 is 0 Å². The molecule has 1 aromatic carbocycles. The van der Waals surface area contributed by atoms with Crippen molar-refractivity contribution in [2.45, 2.75) is 27.7 Å². The molecule has 148 valence electrons. The van der Waals surface area contributed by atoms with Gasteiger partial charge in [-0.2, -0.15) is 4.68 Å². The Hall–Kier alpha value is -3.13. The summed E-state index contributed by atoms with van der Waals surface area (Å²) < 4.78 is 3.34. The van der Waals surface area contributed by atoms with Gasteiger partial charge < -0.3 is 0 Å². The van der Waals surface area contributed by atoms with Crippen molar-refractivity contribution in [1.29, 1.82) is 0 Å². The lowest BCUT2D eigenvalue weighted by atomic mass is 10.2. The van der Waals surface area contributed by atoms with E-state index in [4.69, 9.17) is 0 Å². The van der Waals surface area contributed by atoms with E-state index in [0.29, 0.717) is 28.2 Å². The van der Waals surface area contributed by atoms with Crippen LogP contribution in [-0.4, -0.2) is 36.9 Å². The Labute approximate surface area is 171 Å². The van der Waals surface area contributed by atoms with E-state index in [9.17, 15) is 14.4 Å². The molecule has 2 aromatic heterocycles. The fraction of sp³-hybridized carbons (Fsp3) is 0.238. The number of thioether (sulfide) groups is 1. The molecular weight excluding hydrogens is 388 g/mol. The molecule has 3 heterocycles. The van der Waals surface area contributed by atoms with E-state index in [0.717, 1.165) is 28.7 Å². The number of imide groups is 1. The molecule has 1 aliphatic heterocycles. The molecule has 2 amide bonds. The number of fused-ring (bicyclic) bond motifs is 1. The van der Waals surface area contributed by atoms with Gasteiger partial charge in [-0.1, -0.05) is 12.1 Å². The minimum absolute atomic E-state index is 0.159. The number of nitrogens with zero attached hydrogens (tertiary/aromatic N) is 4. The average molecular weight is 408 g/mol. The van der Waals surface area contributed by atoms with Crippen LogP contribution in [0.15, 0.2) is 40.0 Å². The van der Waals surface area contributed by atoms with Crippen molar-refractivity contribution in [1.82, 2.24) is 19.2 Å². The minimum Gasteiger partial charge on any atom is -0.269 e. The lowest BCUT2D eigenvalue weighted by Gasteiger charge is -2.16. The number of para-hydroxylation sites is 1. The quantitative estimate of drug-likeness (QED) is 0.620. The number of amides is 2. The SMILES string of the molecule is CCN1C(=O)SC(=Cc2cc(C)n(-n3c(C)nc4ccccc4c3=O)c2C)C1=O. The standard InChI is InChI=1S/C21H20N4O3S/c1-5-23-20(27)18(29-21(23)28)11-15-10-12(2)24(13(15)3)25-14(4)22-17-9-7-6-8-16(17)19(25)26/h6-11H,5H2,1-4H3. The van der Waals surface area contributed by atoms with E-state index in [1.807, 2.05) is 38.1 Å². The Bertz CT molecular complexity index is 1270. The van der Waals surface area contributed by atoms with Crippen molar-refractivity contribution in [3.05, 3.63) is 68.4 Å². The topological polar surface area (TPSA) is 77.2 Å². The predicted molar refractivity (Wildman–Crippen MR) is 114 cm³/mol. The first kappa shape index (κ1) is 19.2. The first-order chi connectivity index (χ1) is 13.8. The molecule has 7 nitrogen and oxygen atoms in total. The van der Waals surface area contributed by atoms with E-state index in [2.05, 4.69) is 4.98 Å². The summed E-state index contributed by atoms with van der Waals surface area (Å²) >= 11 is 0.937. The molecule has 0 radical (unpaired) electrons. The van der Waals surface area contributed by atoms with Crippen LogP contribution in [-0.2, 0) is 4.79 Å². The maximum atomic E-state index is 13.2. The van der Waals surface area contributed by atoms with Crippen LogP contribution in [0.2, 0.25) is 0 Å². The Balaban J connectivity index is 1.87. The molecule has 0 saturated carbocycles. The molecule has 1 saturated heterocycles. The molecular formula is C21H20N4O3S. The summed E-state index contributed by atoms with van der Waals surface area (Å²) in [5, 5.41) is 0.277. The van der Waals surface area contributed by atoms with Gasteiger partial charge in [-0.05, 0) is 69.3 Å². The van der Waals surface area contributed by atoms with Gasteiger partial charge in [-0.25, -0.2) is 4.98 Å². The van der Waals surface area contributed by atoms with Crippen LogP contribution in [0.5, 0.6) is 0 Å². The first-order valence-corrected chi connectivity index (χ1v) is 10.1. The maximum Gasteiger partial charge on any atom is 0.293 e. The van der Waals surface area contributed by atoms with Crippen LogP contribution < -0.4 is 5.56 Å². The van der Waals surface area contributed by atoms with Gasteiger partial charge in [0.05, 0.1) is 15.8 Å². The van der Waals surface area contributed by atoms with Crippen LogP contribution in [0.25, 0.3) is 17.0 Å². The van der Waals surface area contributed by atoms with Crippen molar-refractivity contribution in [3.63, 3.8) is 0 Å². The summed E-state index contributed by atoms with van der Waals surface area (Å²) in [4.78, 5) is 43.7. The zero-order chi connectivity index (χ0) is 20.9. The molecule has 0 bridgehead atoms. The number of benzene rings is 1. The van der Waals surface area contributed by atoms with Gasteiger partial charge in [0.1, 0.15) is 5.82 Å². The second-order valence-corrected chi connectivity index (χ2v) is 7.85. The molecule has 4 rings (SSSR count). The van der Waals surface area contributed by atoms with Gasteiger partial charge in [-0.3, -0.25) is 24.0 Å². The summed E-state index contributed by atoms with van der Waals surface area (Å²) in [5.74, 6) is 0.279. The number of likely N-dealkylation sites (N-methyl/N-ethyl adjacent to an activating group) is 1. The highest BCUT2D eigenvalue weighted by molar-refractivity contribution is 8.18. The second kappa shape index (κ2) is 7.04. The lowest BCUT2D eigenvalue weighted by Crippen LogP contribution is -2.30. The third-order valence-corrected chi connectivity index (χ3v) is 5.93. The monoisotopic (exact) mass is 408 g/mol. The number of aromatic nitrogens is 3. The van der Waals surface area contributed by atoms with E-state index in [1.165, 1.54) is 4.90 Å². The van der Waals surface area contributed by atoms with Crippen molar-refractivity contribution >= 4 is 39.9 Å². The van der Waals surface area contributed by atoms with Gasteiger partial charge in [-0.15, -0.1) is 0 Å². The fourth-order valence-electron chi connectivity index (χ4n) is 3.62. The van der Waals surface area contributed by atoms with E-state index in [-0.39, 0.29) is 16.7 Å². The van der Waals surface area contributed by atoms with Crippen LogP contribution >= 0.6 is 11.8 Å². The Morgan fingerprint density at radius 3 is 2.48 bits per heavy atom. The van der Waals surface area contributed by atoms with E-state index in [1.54, 1.807) is 35.3 Å². The fourth-order valence-corrected chi connectivity index (χ4v) is 4.51. The average Bonchev–Trinajstić information content (AvgIpc) is 3.11. The minimum atomic E-state index is -0.284. The van der Waals surface area contributed by atoms with Crippen LogP contribution in [0.3, 0.4) is 0 Å². The molecule has 0 atom stereocenters. The third-order valence-electron chi connectivity index (χ3n) is 5.03. The summed E-state index contributed by atoms with van der Waals surface area (Å²) in [6, 6.07) is 9.15. The van der Waals surface area contributed by atoms with Gasteiger partial charge in [0.25, 0.3) is 16.7 Å². The molecule has 0 spiro atoms. The first-order valence-electron chi connectivity index (χ1n) is 9.26. The van der Waals surface area contributed by atoms with Crippen molar-refractivity contribution in [2.75, 3.05) is 6.54 Å². The van der Waals surface area contributed by atoms with E-state index >= 15 is 0 Å². The van der Waals surface area contributed by atoms with Crippen LogP contribution in [0, 0.1) is 20.8 Å². The normalized spacial score (nSPS) is 15.9. The predicted octanol–water partition coefficient (Wildman–Crippen LogP) is 3.49. The number of carbonyl (C=O) groups is 2. The van der Waals surface area contributed by atoms with Crippen molar-refractivity contribution < 1.29 is 9.59 Å².